The number of carbonyl (C=O) groups excluding carboxylic acids is 1. The number of sulfonamides is 1. The molecule has 9 nitrogen and oxygen atoms in total. The Labute approximate surface area is 233 Å². The van der Waals surface area contributed by atoms with Gasteiger partial charge in [-0.3, -0.25) is 9.59 Å². The van der Waals surface area contributed by atoms with Gasteiger partial charge in [0.15, 0.2) is 11.6 Å². The van der Waals surface area contributed by atoms with E-state index in [1.54, 1.807) is 48.5 Å². The fourth-order valence-electron chi connectivity index (χ4n) is 5.04. The number of carboxylic acids is 1. The Morgan fingerprint density at radius 2 is 1.82 bits per heavy atom. The average molecular weight is 594 g/mol. The molecule has 2 aromatic carbocycles. The van der Waals surface area contributed by atoms with Gasteiger partial charge in [-0.25, -0.2) is 22.1 Å². The lowest BCUT2D eigenvalue weighted by atomic mass is 9.90. The molecule has 1 N–H and O–H groups in total. The summed E-state index contributed by atoms with van der Waals surface area (Å²) >= 11 is 12.4. The average Bonchev–Trinajstić information content (AvgIpc) is 3.19. The normalized spacial score (nSPS) is 24.6. The molecule has 2 saturated heterocycles. The first-order valence-corrected chi connectivity index (χ1v) is 14.2. The fourth-order valence-corrected chi connectivity index (χ4v) is 7.09. The zero-order chi connectivity index (χ0) is 27.9. The number of benzene rings is 2. The second kappa shape index (κ2) is 10.7. The van der Waals surface area contributed by atoms with Gasteiger partial charge in [-0.2, -0.15) is 0 Å². The Hall–Kier alpha value is -3.25. The molecule has 0 unspecified atom stereocenters. The maximum absolute atomic E-state index is 14.6. The second-order valence-corrected chi connectivity index (χ2v) is 12.0. The first kappa shape index (κ1) is 27.3. The maximum atomic E-state index is 14.6. The Kier molecular flexibility index (Phi) is 7.51. The number of morpholine rings is 1. The van der Waals surface area contributed by atoms with Gasteiger partial charge in [0, 0.05) is 16.2 Å². The lowest BCUT2D eigenvalue weighted by molar-refractivity contribution is -0.182. The predicted molar refractivity (Wildman–Crippen MR) is 141 cm³/mol. The van der Waals surface area contributed by atoms with Crippen LogP contribution in [-0.2, 0) is 24.3 Å². The number of aromatic nitrogens is 1. The van der Waals surface area contributed by atoms with Crippen LogP contribution in [0, 0.1) is 5.82 Å². The van der Waals surface area contributed by atoms with Crippen LogP contribution in [0.25, 0.3) is 0 Å². The molecule has 204 valence electrons. The lowest BCUT2D eigenvalue weighted by Crippen LogP contribution is -2.56. The summed E-state index contributed by atoms with van der Waals surface area (Å²) in [6, 6.07) is 13.9. The number of aliphatic carboxylic acids is 1. The van der Waals surface area contributed by atoms with Crippen LogP contribution in [0.4, 0.5) is 10.2 Å². The molecule has 0 spiro atoms. The summed E-state index contributed by atoms with van der Waals surface area (Å²) in [6.45, 7) is -0.284. The van der Waals surface area contributed by atoms with Crippen molar-refractivity contribution in [3.05, 3.63) is 93.8 Å². The minimum absolute atomic E-state index is 0.284. The maximum Gasteiger partial charge on any atom is 0.306 e. The number of hydrogen-bond donors (Lipinski definition) is 1. The summed E-state index contributed by atoms with van der Waals surface area (Å²) in [5.41, 5.74) is 1.13. The van der Waals surface area contributed by atoms with Gasteiger partial charge in [-0.05, 0) is 47.5 Å². The number of hydrogen-bond acceptors (Lipinski definition) is 6. The lowest BCUT2D eigenvalue weighted by Gasteiger charge is -2.47. The molecule has 0 radical (unpaired) electrons. The van der Waals surface area contributed by atoms with E-state index in [0.717, 1.165) is 10.4 Å². The first-order chi connectivity index (χ1) is 18.5. The number of halogens is 3. The molecular formula is C26H22Cl2FN3O6S. The van der Waals surface area contributed by atoms with E-state index in [0.29, 0.717) is 21.2 Å². The number of carboxylic acid groups (broad SMARTS) is 1. The van der Waals surface area contributed by atoms with Crippen molar-refractivity contribution >= 4 is 50.9 Å². The fraction of sp³-hybridized carbons (Fsp3) is 0.269. The number of carbonyl (C=O) groups is 2. The van der Waals surface area contributed by atoms with Crippen LogP contribution in [0.1, 0.15) is 29.7 Å². The molecule has 0 saturated carbocycles. The second-order valence-electron chi connectivity index (χ2n) is 9.21. The molecule has 2 fully saturated rings. The van der Waals surface area contributed by atoms with Gasteiger partial charge >= 0.3 is 5.97 Å². The highest BCUT2D eigenvalue weighted by atomic mass is 35.5. The van der Waals surface area contributed by atoms with Crippen molar-refractivity contribution in [3.8, 4) is 0 Å². The van der Waals surface area contributed by atoms with Crippen molar-refractivity contribution in [1.29, 1.82) is 0 Å². The quantitative estimate of drug-likeness (QED) is 0.454. The van der Waals surface area contributed by atoms with Crippen molar-refractivity contribution in [2.45, 2.75) is 30.7 Å². The standard InChI is InChI=1S/C26H22Cl2FN3O6S/c27-17-8-6-15(7-9-17)23-24(16-3-1-4-18(28)11-16)38-21(12-22(33)34)26(35)32(23)19-13-31(39(36,37)14-19)25-20(29)5-2-10-30-25/h1-11,19,21,23-24H,12-14H2,(H,33,34)/t19-,21+,23-,24-/m1/s1. The highest BCUT2D eigenvalue weighted by Crippen LogP contribution is 2.45. The molecule has 2 aliphatic rings. The number of amides is 1. The number of ether oxygens (including phenoxy) is 1. The van der Waals surface area contributed by atoms with E-state index >= 15 is 0 Å². The van der Waals surface area contributed by atoms with E-state index in [2.05, 4.69) is 4.98 Å². The number of anilines is 1. The Bertz CT molecular complexity index is 1520. The smallest absolute Gasteiger partial charge is 0.306 e. The highest BCUT2D eigenvalue weighted by Gasteiger charge is 2.51. The minimum atomic E-state index is -4.09. The molecule has 4 atom stereocenters. The van der Waals surface area contributed by atoms with E-state index in [-0.39, 0.29) is 12.4 Å². The highest BCUT2D eigenvalue weighted by molar-refractivity contribution is 7.93. The summed E-state index contributed by atoms with van der Waals surface area (Å²) in [7, 11) is -4.09. The van der Waals surface area contributed by atoms with Crippen LogP contribution in [-0.4, -0.2) is 59.7 Å². The van der Waals surface area contributed by atoms with Gasteiger partial charge in [-0.1, -0.05) is 47.5 Å². The zero-order valence-corrected chi connectivity index (χ0v) is 22.5. The summed E-state index contributed by atoms with van der Waals surface area (Å²) in [5.74, 6) is -3.69. The third kappa shape index (κ3) is 5.44. The Morgan fingerprint density at radius 3 is 2.49 bits per heavy atom. The Balaban J connectivity index is 1.64. The molecule has 1 amide bonds. The van der Waals surface area contributed by atoms with Crippen molar-refractivity contribution in [3.63, 3.8) is 0 Å². The van der Waals surface area contributed by atoms with Gasteiger partial charge in [0.25, 0.3) is 5.91 Å². The van der Waals surface area contributed by atoms with Crippen molar-refractivity contribution in [2.75, 3.05) is 16.6 Å². The van der Waals surface area contributed by atoms with Gasteiger partial charge in [0.1, 0.15) is 12.2 Å². The molecule has 2 aliphatic heterocycles. The predicted octanol–water partition coefficient (Wildman–Crippen LogP) is 4.23. The van der Waals surface area contributed by atoms with Crippen LogP contribution in [0.3, 0.4) is 0 Å². The molecule has 3 aromatic rings. The molecule has 0 aliphatic carbocycles. The molecule has 3 heterocycles. The van der Waals surface area contributed by atoms with Crippen LogP contribution in [0.15, 0.2) is 66.9 Å². The van der Waals surface area contributed by atoms with Gasteiger partial charge in [-0.15, -0.1) is 0 Å². The van der Waals surface area contributed by atoms with Crippen LogP contribution >= 0.6 is 23.2 Å². The molecular weight excluding hydrogens is 572 g/mol. The van der Waals surface area contributed by atoms with E-state index in [1.165, 1.54) is 17.2 Å². The monoisotopic (exact) mass is 593 g/mol. The van der Waals surface area contributed by atoms with E-state index < -0.39 is 64.2 Å². The SMILES string of the molecule is O=C(O)C[C@@H]1O[C@H](c2cccc(Cl)c2)[C@@H](c2ccc(Cl)cc2)N([C@@H]2CN(c3ncccc3F)S(=O)(=O)C2)C1=O. The van der Waals surface area contributed by atoms with Gasteiger partial charge < -0.3 is 14.7 Å². The number of nitrogens with zero attached hydrogens (tertiary/aromatic N) is 3. The van der Waals surface area contributed by atoms with Gasteiger partial charge in [0.2, 0.25) is 10.0 Å². The summed E-state index contributed by atoms with van der Waals surface area (Å²) in [5, 5.41) is 10.3. The van der Waals surface area contributed by atoms with Gasteiger partial charge in [0.05, 0.1) is 30.8 Å². The summed E-state index contributed by atoms with van der Waals surface area (Å²) in [4.78, 5) is 30.8. The third-order valence-electron chi connectivity index (χ3n) is 6.66. The first-order valence-electron chi connectivity index (χ1n) is 11.9. The van der Waals surface area contributed by atoms with Crippen LogP contribution in [0.5, 0.6) is 0 Å². The van der Waals surface area contributed by atoms with E-state index in [1.807, 2.05) is 0 Å². The zero-order valence-electron chi connectivity index (χ0n) is 20.2. The van der Waals surface area contributed by atoms with Crippen molar-refractivity contribution in [1.82, 2.24) is 9.88 Å². The molecule has 1 aromatic heterocycles. The third-order valence-corrected chi connectivity index (χ3v) is 8.95. The largest absolute Gasteiger partial charge is 0.481 e. The Morgan fingerprint density at radius 1 is 1.08 bits per heavy atom. The van der Waals surface area contributed by atoms with Crippen LogP contribution in [0.2, 0.25) is 10.0 Å². The van der Waals surface area contributed by atoms with Crippen LogP contribution < -0.4 is 4.31 Å². The summed E-state index contributed by atoms with van der Waals surface area (Å²) in [6.07, 6.45) is -1.68. The topological polar surface area (TPSA) is 117 Å². The molecule has 39 heavy (non-hydrogen) atoms. The molecule has 13 heteroatoms. The van der Waals surface area contributed by atoms with E-state index in [4.69, 9.17) is 27.9 Å². The molecule has 0 bridgehead atoms. The van der Waals surface area contributed by atoms with E-state index in [9.17, 15) is 27.5 Å². The summed E-state index contributed by atoms with van der Waals surface area (Å²) < 4.78 is 48.0. The molecule has 5 rings (SSSR count). The number of rotatable bonds is 6. The minimum Gasteiger partial charge on any atom is -0.481 e. The van der Waals surface area contributed by atoms with Crippen molar-refractivity contribution in [2.24, 2.45) is 0 Å². The van der Waals surface area contributed by atoms with Crippen molar-refractivity contribution < 1.29 is 32.2 Å². The number of pyridine rings is 1.